The zero-order chi connectivity index (χ0) is 23.9. The summed E-state index contributed by atoms with van der Waals surface area (Å²) in [4.78, 5) is 42.9. The third-order valence-electron chi connectivity index (χ3n) is 5.37. The molecule has 1 aliphatic heterocycles. The second kappa shape index (κ2) is 8.24. The Balaban J connectivity index is 1.70. The molecular formula is C23H25N5O5. The van der Waals surface area contributed by atoms with Gasteiger partial charge in [0.25, 0.3) is 0 Å². The van der Waals surface area contributed by atoms with Crippen molar-refractivity contribution in [3.05, 3.63) is 24.4 Å². The summed E-state index contributed by atoms with van der Waals surface area (Å²) in [5.41, 5.74) is 0.240. The summed E-state index contributed by atoms with van der Waals surface area (Å²) in [6, 6.07) is 6.99. The number of benzene rings is 1. The highest BCUT2D eigenvalue weighted by Gasteiger charge is 2.43. The first kappa shape index (κ1) is 22.3. The van der Waals surface area contributed by atoms with Crippen LogP contribution in [-0.4, -0.2) is 41.3 Å². The van der Waals surface area contributed by atoms with E-state index >= 15 is 0 Å². The summed E-state index contributed by atoms with van der Waals surface area (Å²) in [5.74, 6) is -0.533. The molecule has 3 unspecified atom stereocenters. The number of pyridine rings is 1. The smallest absolute Gasteiger partial charge is 0.414 e. The van der Waals surface area contributed by atoms with E-state index in [2.05, 4.69) is 21.7 Å². The van der Waals surface area contributed by atoms with E-state index in [1.165, 1.54) is 11.1 Å². The number of ether oxygens (including phenoxy) is 2. The summed E-state index contributed by atoms with van der Waals surface area (Å²) >= 11 is 0. The van der Waals surface area contributed by atoms with Crippen LogP contribution in [-0.2, 0) is 14.3 Å². The van der Waals surface area contributed by atoms with Crippen LogP contribution in [0.4, 0.5) is 26.8 Å². The number of nitrogens with one attached hydrogen (secondary N) is 2. The molecule has 0 spiro atoms. The van der Waals surface area contributed by atoms with Crippen LogP contribution in [0, 0.1) is 23.2 Å². The van der Waals surface area contributed by atoms with Gasteiger partial charge in [0.2, 0.25) is 5.91 Å². The highest BCUT2D eigenvalue weighted by molar-refractivity contribution is 6.05. The fourth-order valence-electron chi connectivity index (χ4n) is 3.69. The minimum Gasteiger partial charge on any atom is -0.447 e. The lowest BCUT2D eigenvalue weighted by Crippen LogP contribution is -2.31. The Kier molecular flexibility index (Phi) is 5.57. The number of hydrogen-bond donors (Lipinski definition) is 2. The Labute approximate surface area is 190 Å². The van der Waals surface area contributed by atoms with Crippen molar-refractivity contribution in [1.82, 2.24) is 4.98 Å². The Morgan fingerprint density at radius 3 is 2.64 bits per heavy atom. The van der Waals surface area contributed by atoms with E-state index in [-0.39, 0.29) is 30.4 Å². The number of carbonyl (C=O) groups is 3. The van der Waals surface area contributed by atoms with Crippen molar-refractivity contribution >= 4 is 46.1 Å². The van der Waals surface area contributed by atoms with Gasteiger partial charge in [0, 0.05) is 11.6 Å². The van der Waals surface area contributed by atoms with Gasteiger partial charge in [-0.15, -0.1) is 0 Å². The van der Waals surface area contributed by atoms with Crippen molar-refractivity contribution in [3.8, 4) is 6.07 Å². The van der Waals surface area contributed by atoms with Crippen molar-refractivity contribution < 1.29 is 23.9 Å². The molecular weight excluding hydrogens is 426 g/mol. The number of anilines is 3. The largest absolute Gasteiger partial charge is 0.447 e. The lowest BCUT2D eigenvalue weighted by molar-refractivity contribution is -0.117. The highest BCUT2D eigenvalue weighted by atomic mass is 16.6. The first-order valence-electron chi connectivity index (χ1n) is 10.7. The predicted octanol–water partition coefficient (Wildman–Crippen LogP) is 4.03. The monoisotopic (exact) mass is 451 g/mol. The molecule has 1 saturated heterocycles. The molecule has 0 bridgehead atoms. The van der Waals surface area contributed by atoms with Gasteiger partial charge in [-0.25, -0.2) is 14.6 Å². The third kappa shape index (κ3) is 4.82. The number of hydrogen-bond acceptors (Lipinski definition) is 7. The van der Waals surface area contributed by atoms with Gasteiger partial charge in [-0.2, -0.15) is 5.26 Å². The molecule has 1 saturated carbocycles. The maximum Gasteiger partial charge on any atom is 0.414 e. The topological polar surface area (TPSA) is 134 Å². The van der Waals surface area contributed by atoms with E-state index in [0.717, 1.165) is 0 Å². The van der Waals surface area contributed by atoms with E-state index in [0.29, 0.717) is 34.4 Å². The fraction of sp³-hybridized carbons (Fsp3) is 0.435. The van der Waals surface area contributed by atoms with Gasteiger partial charge in [-0.3, -0.25) is 15.0 Å². The molecule has 4 rings (SSSR count). The van der Waals surface area contributed by atoms with Crippen LogP contribution < -0.4 is 15.5 Å². The molecule has 0 radical (unpaired) electrons. The number of carbonyl (C=O) groups excluding carboxylic acids is 3. The Hall–Kier alpha value is -3.87. The first-order chi connectivity index (χ1) is 15.6. The maximum absolute atomic E-state index is 12.4. The fourth-order valence-corrected chi connectivity index (χ4v) is 3.69. The summed E-state index contributed by atoms with van der Waals surface area (Å²) in [7, 11) is 0. The van der Waals surface area contributed by atoms with Gasteiger partial charge in [0.15, 0.2) is 0 Å². The van der Waals surface area contributed by atoms with Crippen LogP contribution in [0.25, 0.3) is 10.8 Å². The van der Waals surface area contributed by atoms with Crippen molar-refractivity contribution in [2.75, 3.05) is 22.1 Å². The molecule has 2 fully saturated rings. The van der Waals surface area contributed by atoms with E-state index in [1.54, 1.807) is 39.0 Å². The van der Waals surface area contributed by atoms with Gasteiger partial charge in [0.1, 0.15) is 18.0 Å². The molecule has 2 aromatic rings. The van der Waals surface area contributed by atoms with Crippen molar-refractivity contribution in [2.24, 2.45) is 11.8 Å². The Morgan fingerprint density at radius 1 is 1.27 bits per heavy atom. The number of cyclic esters (lactones) is 1. The van der Waals surface area contributed by atoms with Gasteiger partial charge in [-0.1, -0.05) is 0 Å². The third-order valence-corrected chi connectivity index (χ3v) is 5.37. The number of aromatic nitrogens is 1. The van der Waals surface area contributed by atoms with Crippen LogP contribution in [0.1, 0.15) is 34.1 Å². The van der Waals surface area contributed by atoms with Crippen LogP contribution >= 0.6 is 0 Å². The molecule has 10 nitrogen and oxygen atoms in total. The minimum absolute atomic E-state index is 0.192. The van der Waals surface area contributed by atoms with E-state index in [4.69, 9.17) is 14.7 Å². The zero-order valence-electron chi connectivity index (χ0n) is 18.8. The summed E-state index contributed by atoms with van der Waals surface area (Å²) in [5, 5.41) is 15.7. The molecule has 33 heavy (non-hydrogen) atoms. The highest BCUT2D eigenvalue weighted by Crippen LogP contribution is 2.39. The molecule has 3 atom stereocenters. The van der Waals surface area contributed by atoms with Crippen molar-refractivity contribution in [1.29, 1.82) is 5.26 Å². The quantitative estimate of drug-likeness (QED) is 0.717. The van der Waals surface area contributed by atoms with Crippen LogP contribution in [0.2, 0.25) is 0 Å². The molecule has 2 N–H and O–H groups in total. The normalized spacial score (nSPS) is 21.8. The Bertz CT molecular complexity index is 1180. The van der Waals surface area contributed by atoms with Gasteiger partial charge in [0.05, 0.1) is 35.3 Å². The lowest BCUT2D eigenvalue weighted by Gasteiger charge is -2.22. The predicted molar refractivity (Wildman–Crippen MR) is 121 cm³/mol. The Morgan fingerprint density at radius 2 is 2.03 bits per heavy atom. The van der Waals surface area contributed by atoms with E-state index < -0.39 is 17.8 Å². The zero-order valence-corrected chi connectivity index (χ0v) is 18.8. The molecule has 10 heteroatoms. The summed E-state index contributed by atoms with van der Waals surface area (Å²) < 4.78 is 10.5. The molecule has 2 aliphatic rings. The first-order valence-corrected chi connectivity index (χ1v) is 10.7. The second-order valence-electron chi connectivity index (χ2n) is 9.27. The second-order valence-corrected chi connectivity index (χ2v) is 9.27. The number of nitriles is 1. The molecule has 1 aromatic heterocycles. The van der Waals surface area contributed by atoms with Crippen LogP contribution in [0.5, 0.6) is 0 Å². The molecule has 1 aromatic carbocycles. The molecule has 1 aliphatic carbocycles. The number of fused-ring (bicyclic) bond motifs is 1. The van der Waals surface area contributed by atoms with Crippen LogP contribution in [0.15, 0.2) is 24.4 Å². The molecule has 172 valence electrons. The van der Waals surface area contributed by atoms with Gasteiger partial charge in [-0.05, 0) is 57.7 Å². The van der Waals surface area contributed by atoms with Gasteiger partial charge >= 0.3 is 12.2 Å². The standard InChI is InChI=1S/C23H25N5O5/c1-12-11-32-22(31)28(12)15-5-13-7-19(27-20(29)16-6-14(16)9-24)25-10-17(13)18(8-15)26-21(30)33-23(2,3)4/h5,7-8,10,12,14,16H,6,11H2,1-4H3,(H,26,30)(H,25,27,29). The molecule has 2 heterocycles. The van der Waals surface area contributed by atoms with Gasteiger partial charge < -0.3 is 14.8 Å². The SMILES string of the molecule is CC1COC(=O)N1c1cc(NC(=O)OC(C)(C)C)c2cnc(NC(=O)C3CC3C#N)cc2c1. The van der Waals surface area contributed by atoms with Crippen LogP contribution in [0.3, 0.4) is 0 Å². The average molecular weight is 451 g/mol. The average Bonchev–Trinajstić information content (AvgIpc) is 3.44. The summed E-state index contributed by atoms with van der Waals surface area (Å²) in [6.07, 6.45) is 0.941. The lowest BCUT2D eigenvalue weighted by atomic mass is 10.1. The maximum atomic E-state index is 12.4. The van der Waals surface area contributed by atoms with E-state index in [1.807, 2.05) is 6.92 Å². The molecule has 3 amide bonds. The minimum atomic E-state index is -0.690. The van der Waals surface area contributed by atoms with Crippen molar-refractivity contribution in [3.63, 3.8) is 0 Å². The number of rotatable bonds is 4. The summed E-state index contributed by atoms with van der Waals surface area (Å²) in [6.45, 7) is 7.39. The number of nitrogens with zero attached hydrogens (tertiary/aromatic N) is 3. The number of amides is 3. The van der Waals surface area contributed by atoms with Crippen molar-refractivity contribution in [2.45, 2.75) is 45.8 Å². The van der Waals surface area contributed by atoms with E-state index in [9.17, 15) is 14.4 Å².